The van der Waals surface area contributed by atoms with Crippen LogP contribution >= 0.6 is 23.2 Å². The molecule has 0 aromatic carbocycles. The molecule has 1 unspecified atom stereocenters. The lowest BCUT2D eigenvalue weighted by atomic mass is 10.2. The van der Waals surface area contributed by atoms with E-state index in [-0.39, 0.29) is 18.4 Å². The van der Waals surface area contributed by atoms with Crippen LogP contribution in [0.15, 0.2) is 4.99 Å². The first-order valence-electron chi connectivity index (χ1n) is 3.06. The van der Waals surface area contributed by atoms with Gasteiger partial charge in [-0.25, -0.2) is 0 Å². The monoisotopic (exact) mass is 183 g/mol. The van der Waals surface area contributed by atoms with Crippen LogP contribution in [0.5, 0.6) is 0 Å². The second-order valence-electron chi connectivity index (χ2n) is 2.14. The van der Waals surface area contributed by atoms with E-state index < -0.39 is 0 Å². The molecule has 0 aromatic heterocycles. The number of aliphatic hydroxyl groups excluding tert-OH is 1. The molecule has 10 heavy (non-hydrogen) atoms. The molecule has 0 saturated heterocycles. The summed E-state index contributed by atoms with van der Waals surface area (Å²) in [5.41, 5.74) is 0. The van der Waals surface area contributed by atoms with Gasteiger partial charge in [0.15, 0.2) is 0 Å². The predicted molar refractivity (Wildman–Crippen MR) is 45.1 cm³/mol. The van der Waals surface area contributed by atoms with E-state index in [9.17, 15) is 0 Å². The third kappa shape index (κ3) is 5.03. The van der Waals surface area contributed by atoms with Crippen molar-refractivity contribution in [2.24, 2.45) is 10.9 Å². The van der Waals surface area contributed by atoms with Gasteiger partial charge in [-0.05, 0) is 5.92 Å². The van der Waals surface area contributed by atoms with Gasteiger partial charge in [0, 0.05) is 13.2 Å². The highest BCUT2D eigenvalue weighted by atomic mass is 35.5. The molecule has 1 N–H and O–H groups in total. The molecule has 0 radical (unpaired) electrons. The molecule has 0 aliphatic heterocycles. The van der Waals surface area contributed by atoms with Crippen molar-refractivity contribution in [2.75, 3.05) is 19.0 Å². The van der Waals surface area contributed by atoms with Crippen LogP contribution in [0.1, 0.15) is 6.92 Å². The Morgan fingerprint density at radius 2 is 2.30 bits per heavy atom. The molecule has 0 amide bonds. The first-order valence-corrected chi connectivity index (χ1v) is 3.97. The van der Waals surface area contributed by atoms with E-state index in [2.05, 4.69) is 4.99 Å². The number of halogens is 2. The topological polar surface area (TPSA) is 32.6 Å². The Bertz CT molecular complexity index is 116. The van der Waals surface area contributed by atoms with Crippen LogP contribution in [0, 0.1) is 5.92 Å². The van der Waals surface area contributed by atoms with E-state index in [1.165, 1.54) is 0 Å². The highest BCUT2D eigenvalue weighted by Gasteiger charge is 1.97. The zero-order valence-corrected chi connectivity index (χ0v) is 7.36. The molecule has 0 fully saturated rings. The van der Waals surface area contributed by atoms with Crippen molar-refractivity contribution in [2.45, 2.75) is 6.92 Å². The van der Waals surface area contributed by atoms with Crippen LogP contribution in [0.3, 0.4) is 0 Å². The van der Waals surface area contributed by atoms with Gasteiger partial charge in [0.2, 0.25) is 0 Å². The van der Waals surface area contributed by atoms with Gasteiger partial charge in [0.1, 0.15) is 5.17 Å². The molecule has 0 saturated carbocycles. The van der Waals surface area contributed by atoms with Crippen molar-refractivity contribution in [3.63, 3.8) is 0 Å². The number of aliphatic imine (C=N–C) groups is 1. The second-order valence-corrected chi connectivity index (χ2v) is 2.84. The minimum absolute atomic E-state index is 0.135. The molecule has 0 aromatic rings. The maximum Gasteiger partial charge on any atom is 0.115 e. The molecule has 4 heteroatoms. The van der Waals surface area contributed by atoms with Gasteiger partial charge >= 0.3 is 0 Å². The van der Waals surface area contributed by atoms with E-state index in [1.54, 1.807) is 0 Å². The SMILES string of the molecule is CC(CO)CN=C(Cl)CCl. The molecule has 0 rings (SSSR count). The maximum atomic E-state index is 8.58. The van der Waals surface area contributed by atoms with Crippen LogP contribution in [0.4, 0.5) is 0 Å². The van der Waals surface area contributed by atoms with E-state index in [0.717, 1.165) is 0 Å². The van der Waals surface area contributed by atoms with Crippen molar-refractivity contribution in [1.29, 1.82) is 0 Å². The summed E-state index contributed by atoms with van der Waals surface area (Å²) in [6.07, 6.45) is 0. The number of alkyl halides is 1. The molecule has 0 aliphatic carbocycles. The van der Waals surface area contributed by atoms with Gasteiger partial charge in [-0.2, -0.15) is 0 Å². The van der Waals surface area contributed by atoms with E-state index in [0.29, 0.717) is 11.7 Å². The molecular formula is C6H11Cl2NO. The summed E-state index contributed by atoms with van der Waals surface area (Å²) in [5.74, 6) is 0.414. The molecule has 0 heterocycles. The number of aliphatic hydroxyl groups is 1. The summed E-state index contributed by atoms with van der Waals surface area (Å²) in [6.45, 7) is 2.57. The lowest BCUT2D eigenvalue weighted by molar-refractivity contribution is 0.242. The summed E-state index contributed by atoms with van der Waals surface area (Å²) in [7, 11) is 0. The van der Waals surface area contributed by atoms with Gasteiger partial charge in [0.05, 0.1) is 5.88 Å². The van der Waals surface area contributed by atoms with Crippen LogP contribution in [0.2, 0.25) is 0 Å². The first kappa shape index (κ1) is 10.2. The fourth-order valence-corrected chi connectivity index (χ4v) is 0.508. The third-order valence-electron chi connectivity index (χ3n) is 0.996. The van der Waals surface area contributed by atoms with Crippen LogP contribution in [-0.2, 0) is 0 Å². The van der Waals surface area contributed by atoms with Crippen LogP contribution < -0.4 is 0 Å². The number of hydrogen-bond donors (Lipinski definition) is 1. The molecule has 60 valence electrons. The van der Waals surface area contributed by atoms with Crippen LogP contribution in [-0.4, -0.2) is 29.3 Å². The highest BCUT2D eigenvalue weighted by Crippen LogP contribution is 1.96. The Morgan fingerprint density at radius 1 is 1.70 bits per heavy atom. The zero-order valence-electron chi connectivity index (χ0n) is 5.85. The second kappa shape index (κ2) is 5.96. The van der Waals surface area contributed by atoms with E-state index in [4.69, 9.17) is 28.3 Å². The molecule has 0 bridgehead atoms. The lowest BCUT2D eigenvalue weighted by Crippen LogP contribution is -2.05. The van der Waals surface area contributed by atoms with Gasteiger partial charge in [-0.1, -0.05) is 18.5 Å². The normalized spacial score (nSPS) is 15.4. The van der Waals surface area contributed by atoms with Gasteiger partial charge in [-0.3, -0.25) is 4.99 Å². The molecule has 1 atom stereocenters. The molecule has 2 nitrogen and oxygen atoms in total. The Labute approximate surface area is 70.9 Å². The third-order valence-corrected chi connectivity index (χ3v) is 1.64. The van der Waals surface area contributed by atoms with Crippen molar-refractivity contribution in [3.8, 4) is 0 Å². The average Bonchev–Trinajstić information content (AvgIpc) is 1.99. The molecule has 0 aliphatic rings. The summed E-state index contributed by atoms with van der Waals surface area (Å²) in [4.78, 5) is 3.90. The van der Waals surface area contributed by atoms with Crippen molar-refractivity contribution in [3.05, 3.63) is 0 Å². The Balaban J connectivity index is 3.50. The van der Waals surface area contributed by atoms with E-state index in [1.807, 2.05) is 6.92 Å². The van der Waals surface area contributed by atoms with Gasteiger partial charge in [0.25, 0.3) is 0 Å². The summed E-state index contributed by atoms with van der Waals surface area (Å²) >= 11 is 10.9. The Morgan fingerprint density at radius 3 is 2.70 bits per heavy atom. The summed E-state index contributed by atoms with van der Waals surface area (Å²) in [6, 6.07) is 0. The predicted octanol–water partition coefficient (Wildman–Crippen LogP) is 1.49. The fraction of sp³-hybridized carbons (Fsp3) is 0.833. The van der Waals surface area contributed by atoms with Crippen molar-refractivity contribution < 1.29 is 5.11 Å². The number of rotatable bonds is 4. The van der Waals surface area contributed by atoms with Crippen molar-refractivity contribution >= 4 is 28.4 Å². The number of nitrogens with zero attached hydrogens (tertiary/aromatic N) is 1. The average molecular weight is 184 g/mol. The van der Waals surface area contributed by atoms with Crippen LogP contribution in [0.25, 0.3) is 0 Å². The summed E-state index contributed by atoms with van der Waals surface area (Å²) in [5, 5.41) is 8.98. The fourth-order valence-electron chi connectivity index (χ4n) is 0.355. The van der Waals surface area contributed by atoms with E-state index >= 15 is 0 Å². The Kier molecular flexibility index (Phi) is 6.08. The number of hydrogen-bond acceptors (Lipinski definition) is 2. The maximum absolute atomic E-state index is 8.58. The Hall–Kier alpha value is 0.210. The molecule has 0 spiro atoms. The standard InChI is InChI=1S/C6H11Cl2NO/c1-5(4-10)3-9-6(8)2-7/h5,10H,2-4H2,1H3. The largest absolute Gasteiger partial charge is 0.396 e. The van der Waals surface area contributed by atoms with Gasteiger partial charge < -0.3 is 5.11 Å². The zero-order chi connectivity index (χ0) is 7.98. The lowest BCUT2D eigenvalue weighted by Gasteiger charge is -2.01. The quantitative estimate of drug-likeness (QED) is 0.521. The van der Waals surface area contributed by atoms with Gasteiger partial charge in [-0.15, -0.1) is 11.6 Å². The summed E-state index contributed by atoms with van der Waals surface area (Å²) < 4.78 is 0. The highest BCUT2D eigenvalue weighted by molar-refractivity contribution is 6.69. The minimum atomic E-state index is 0.135. The minimum Gasteiger partial charge on any atom is -0.396 e. The smallest absolute Gasteiger partial charge is 0.115 e. The molecular weight excluding hydrogens is 173 g/mol. The van der Waals surface area contributed by atoms with Crippen molar-refractivity contribution in [1.82, 2.24) is 0 Å². The first-order chi connectivity index (χ1) is 4.70.